The Morgan fingerprint density at radius 1 is 1.44 bits per heavy atom. The first-order chi connectivity index (χ1) is 7.77. The molecular weight excluding hydrogens is 202 g/mol. The summed E-state index contributed by atoms with van der Waals surface area (Å²) in [6.45, 7) is 4.56. The van der Waals surface area contributed by atoms with Gasteiger partial charge < -0.3 is 4.74 Å². The van der Waals surface area contributed by atoms with Crippen LogP contribution in [0.5, 0.6) is 0 Å². The fourth-order valence-electron chi connectivity index (χ4n) is 1.55. The minimum absolute atomic E-state index is 0.126. The highest BCUT2D eigenvalue weighted by Crippen LogP contribution is 2.21. The highest BCUT2D eigenvalue weighted by molar-refractivity contribution is 5.70. The second-order valence-corrected chi connectivity index (χ2v) is 3.78. The van der Waals surface area contributed by atoms with E-state index in [1.807, 2.05) is 25.1 Å². The second-order valence-electron chi connectivity index (χ2n) is 3.78. The van der Waals surface area contributed by atoms with Crippen molar-refractivity contribution < 1.29 is 9.53 Å². The van der Waals surface area contributed by atoms with Crippen LogP contribution in [0.2, 0.25) is 0 Å². The van der Waals surface area contributed by atoms with Crippen molar-refractivity contribution in [1.29, 1.82) is 0 Å². The molecule has 0 radical (unpaired) electrons. The van der Waals surface area contributed by atoms with E-state index in [2.05, 4.69) is 11.9 Å². The molecule has 0 fully saturated rings. The number of ether oxygens (including phenoxy) is 1. The topological polar surface area (TPSA) is 39.2 Å². The fraction of sp³-hybridized carbons (Fsp3) is 0.538. The van der Waals surface area contributed by atoms with E-state index in [1.165, 1.54) is 0 Å². The molecule has 0 saturated heterocycles. The van der Waals surface area contributed by atoms with Crippen molar-refractivity contribution in [3.63, 3.8) is 0 Å². The molecule has 88 valence electrons. The van der Waals surface area contributed by atoms with Gasteiger partial charge in [-0.1, -0.05) is 19.9 Å². The van der Waals surface area contributed by atoms with E-state index in [-0.39, 0.29) is 11.9 Å². The maximum absolute atomic E-state index is 11.5. The molecule has 0 spiro atoms. The number of pyridine rings is 1. The Morgan fingerprint density at radius 2 is 2.25 bits per heavy atom. The molecule has 0 aliphatic carbocycles. The molecular formula is C13H19NO2. The summed E-state index contributed by atoms with van der Waals surface area (Å²) in [6.07, 6.45) is 3.95. The zero-order valence-electron chi connectivity index (χ0n) is 9.98. The van der Waals surface area contributed by atoms with Crippen LogP contribution in [0.15, 0.2) is 24.4 Å². The zero-order valence-corrected chi connectivity index (χ0v) is 9.98. The molecule has 0 saturated carbocycles. The highest BCUT2D eigenvalue weighted by atomic mass is 16.5. The monoisotopic (exact) mass is 221 g/mol. The van der Waals surface area contributed by atoms with Crippen molar-refractivity contribution in [3.05, 3.63) is 30.1 Å². The van der Waals surface area contributed by atoms with E-state index in [4.69, 9.17) is 4.74 Å². The van der Waals surface area contributed by atoms with Crippen LogP contribution in [0.3, 0.4) is 0 Å². The van der Waals surface area contributed by atoms with Crippen LogP contribution < -0.4 is 0 Å². The minimum Gasteiger partial charge on any atom is -0.466 e. The number of esters is 1. The number of carbonyl (C=O) groups is 1. The number of hydrogen-bond acceptors (Lipinski definition) is 3. The van der Waals surface area contributed by atoms with Gasteiger partial charge in [0.15, 0.2) is 0 Å². The van der Waals surface area contributed by atoms with Gasteiger partial charge in [0.1, 0.15) is 0 Å². The molecule has 0 bridgehead atoms. The average Bonchev–Trinajstić information content (AvgIpc) is 2.34. The maximum Gasteiger partial charge on any atom is 0.306 e. The predicted octanol–water partition coefficient (Wildman–Crippen LogP) is 2.92. The van der Waals surface area contributed by atoms with Crippen molar-refractivity contribution in [2.45, 2.75) is 39.0 Å². The van der Waals surface area contributed by atoms with Gasteiger partial charge in [0.2, 0.25) is 0 Å². The Bertz CT molecular complexity index is 311. The Hall–Kier alpha value is -1.38. The number of aromatic nitrogens is 1. The molecule has 1 atom stereocenters. The lowest BCUT2D eigenvalue weighted by atomic mass is 9.98. The molecule has 1 aromatic heterocycles. The Balaban J connectivity index is 2.52. The van der Waals surface area contributed by atoms with Crippen LogP contribution in [-0.4, -0.2) is 17.6 Å². The third-order valence-corrected chi connectivity index (χ3v) is 2.48. The van der Waals surface area contributed by atoms with Crippen LogP contribution in [0.25, 0.3) is 0 Å². The molecule has 0 N–H and O–H groups in total. The molecule has 0 aliphatic heterocycles. The molecule has 0 aliphatic rings. The van der Waals surface area contributed by atoms with Gasteiger partial charge in [-0.25, -0.2) is 0 Å². The van der Waals surface area contributed by atoms with E-state index in [9.17, 15) is 4.79 Å². The van der Waals surface area contributed by atoms with E-state index in [0.29, 0.717) is 13.0 Å². The lowest BCUT2D eigenvalue weighted by molar-refractivity contribution is -0.144. The summed E-state index contributed by atoms with van der Waals surface area (Å²) in [5.41, 5.74) is 0.971. The summed E-state index contributed by atoms with van der Waals surface area (Å²) in [6, 6.07) is 5.79. The Morgan fingerprint density at radius 3 is 2.81 bits per heavy atom. The van der Waals surface area contributed by atoms with Crippen molar-refractivity contribution in [3.8, 4) is 0 Å². The first kappa shape index (κ1) is 12.7. The number of rotatable bonds is 6. The third kappa shape index (κ3) is 4.01. The van der Waals surface area contributed by atoms with Gasteiger partial charge in [-0.3, -0.25) is 9.78 Å². The molecule has 1 aromatic rings. The SMILES string of the molecule is CCCOC(=O)CC(CC)c1ccccn1. The normalized spacial score (nSPS) is 12.1. The Kier molecular flexibility index (Phi) is 5.54. The van der Waals surface area contributed by atoms with E-state index < -0.39 is 0 Å². The smallest absolute Gasteiger partial charge is 0.306 e. The van der Waals surface area contributed by atoms with Crippen LogP contribution in [0.1, 0.15) is 44.7 Å². The molecule has 0 aromatic carbocycles. The van der Waals surface area contributed by atoms with Gasteiger partial charge in [-0.05, 0) is 25.0 Å². The van der Waals surface area contributed by atoms with Crippen molar-refractivity contribution >= 4 is 5.97 Å². The van der Waals surface area contributed by atoms with E-state index in [1.54, 1.807) is 6.20 Å². The third-order valence-electron chi connectivity index (χ3n) is 2.48. The summed E-state index contributed by atoms with van der Waals surface area (Å²) < 4.78 is 5.08. The van der Waals surface area contributed by atoms with Crippen LogP contribution in [-0.2, 0) is 9.53 Å². The second kappa shape index (κ2) is 6.99. The van der Waals surface area contributed by atoms with Crippen LogP contribution in [0.4, 0.5) is 0 Å². The maximum atomic E-state index is 11.5. The van der Waals surface area contributed by atoms with Crippen LogP contribution in [0, 0.1) is 0 Å². The van der Waals surface area contributed by atoms with Gasteiger partial charge in [0, 0.05) is 17.8 Å². The number of nitrogens with zero attached hydrogens (tertiary/aromatic N) is 1. The fourth-order valence-corrected chi connectivity index (χ4v) is 1.55. The predicted molar refractivity (Wildman–Crippen MR) is 63.1 cm³/mol. The standard InChI is InChI=1S/C13H19NO2/c1-3-9-16-13(15)10-11(4-2)12-7-5-6-8-14-12/h5-8,11H,3-4,9-10H2,1-2H3. The highest BCUT2D eigenvalue weighted by Gasteiger charge is 2.15. The molecule has 0 amide bonds. The minimum atomic E-state index is -0.126. The molecule has 3 heteroatoms. The molecule has 1 unspecified atom stereocenters. The van der Waals surface area contributed by atoms with Gasteiger partial charge in [0.25, 0.3) is 0 Å². The van der Waals surface area contributed by atoms with Gasteiger partial charge in [-0.15, -0.1) is 0 Å². The zero-order chi connectivity index (χ0) is 11.8. The quantitative estimate of drug-likeness (QED) is 0.693. The van der Waals surface area contributed by atoms with Crippen molar-refractivity contribution in [2.75, 3.05) is 6.61 Å². The summed E-state index contributed by atoms with van der Waals surface area (Å²) in [7, 11) is 0. The average molecular weight is 221 g/mol. The summed E-state index contributed by atoms with van der Waals surface area (Å²) in [5, 5.41) is 0. The van der Waals surface area contributed by atoms with Gasteiger partial charge in [0.05, 0.1) is 13.0 Å². The molecule has 3 nitrogen and oxygen atoms in total. The summed E-state index contributed by atoms with van der Waals surface area (Å²) in [4.78, 5) is 15.8. The Labute approximate surface area is 96.8 Å². The lowest BCUT2D eigenvalue weighted by Gasteiger charge is -2.13. The molecule has 16 heavy (non-hydrogen) atoms. The molecule has 1 heterocycles. The lowest BCUT2D eigenvalue weighted by Crippen LogP contribution is -2.11. The first-order valence-corrected chi connectivity index (χ1v) is 5.84. The number of carbonyl (C=O) groups excluding carboxylic acids is 1. The summed E-state index contributed by atoms with van der Waals surface area (Å²) >= 11 is 0. The summed E-state index contributed by atoms with van der Waals surface area (Å²) in [5.74, 6) is 0.0462. The van der Waals surface area contributed by atoms with Crippen molar-refractivity contribution in [2.24, 2.45) is 0 Å². The number of hydrogen-bond donors (Lipinski definition) is 0. The van der Waals surface area contributed by atoms with Gasteiger partial charge >= 0.3 is 5.97 Å². The van der Waals surface area contributed by atoms with E-state index in [0.717, 1.165) is 18.5 Å². The van der Waals surface area contributed by atoms with E-state index >= 15 is 0 Å². The molecule has 1 rings (SSSR count). The van der Waals surface area contributed by atoms with Gasteiger partial charge in [-0.2, -0.15) is 0 Å². The van der Waals surface area contributed by atoms with Crippen molar-refractivity contribution in [1.82, 2.24) is 4.98 Å². The van der Waals surface area contributed by atoms with Crippen LogP contribution >= 0.6 is 0 Å². The first-order valence-electron chi connectivity index (χ1n) is 5.84. The largest absolute Gasteiger partial charge is 0.466 e.